The average Bonchev–Trinajstić information content (AvgIpc) is 2.93. The van der Waals surface area contributed by atoms with E-state index >= 15 is 0 Å². The number of halogens is 3. The summed E-state index contributed by atoms with van der Waals surface area (Å²) in [7, 11) is 1.01. The third kappa shape index (κ3) is 3.04. The van der Waals surface area contributed by atoms with Gasteiger partial charge in [0.2, 0.25) is 0 Å². The molecule has 30 heavy (non-hydrogen) atoms. The molecular formula is C20H14F3N3O4. The summed E-state index contributed by atoms with van der Waals surface area (Å²) in [6, 6.07) is 10.5. The van der Waals surface area contributed by atoms with Gasteiger partial charge in [-0.3, -0.25) is 4.79 Å². The molecule has 0 radical (unpaired) electrons. The Morgan fingerprint density at radius 3 is 2.30 bits per heavy atom. The summed E-state index contributed by atoms with van der Waals surface area (Å²) in [4.78, 5) is 39.7. The van der Waals surface area contributed by atoms with Crippen LogP contribution in [-0.2, 0) is 21.2 Å². The van der Waals surface area contributed by atoms with Crippen LogP contribution in [0.3, 0.4) is 0 Å². The van der Waals surface area contributed by atoms with E-state index in [0.717, 1.165) is 19.2 Å². The van der Waals surface area contributed by atoms with E-state index in [9.17, 15) is 27.6 Å². The molecular weight excluding hydrogens is 403 g/mol. The van der Waals surface area contributed by atoms with Crippen LogP contribution >= 0.6 is 0 Å². The highest BCUT2D eigenvalue weighted by Crippen LogP contribution is 2.41. The van der Waals surface area contributed by atoms with Crippen LogP contribution < -0.4 is 4.90 Å². The van der Waals surface area contributed by atoms with Crippen LogP contribution in [0.15, 0.2) is 48.5 Å². The van der Waals surface area contributed by atoms with Crippen molar-refractivity contribution in [2.75, 3.05) is 12.0 Å². The van der Waals surface area contributed by atoms with Gasteiger partial charge in [0.1, 0.15) is 0 Å². The van der Waals surface area contributed by atoms with Crippen LogP contribution in [0, 0.1) is 11.3 Å². The zero-order valence-corrected chi connectivity index (χ0v) is 15.7. The Kier molecular flexibility index (Phi) is 4.99. The van der Waals surface area contributed by atoms with E-state index in [2.05, 4.69) is 4.74 Å². The first-order chi connectivity index (χ1) is 14.1. The molecule has 0 N–H and O–H groups in total. The maximum atomic E-state index is 13.3. The molecule has 1 unspecified atom stereocenters. The van der Waals surface area contributed by atoms with Crippen molar-refractivity contribution in [3.8, 4) is 6.07 Å². The topological polar surface area (TPSA) is 90.7 Å². The van der Waals surface area contributed by atoms with Crippen molar-refractivity contribution >= 4 is 23.7 Å². The van der Waals surface area contributed by atoms with E-state index in [4.69, 9.17) is 5.26 Å². The molecule has 4 amide bonds. The predicted molar refractivity (Wildman–Crippen MR) is 97.1 cm³/mol. The molecule has 1 saturated heterocycles. The number of hydrogen-bond donors (Lipinski definition) is 0. The van der Waals surface area contributed by atoms with Crippen LogP contribution in [0.5, 0.6) is 0 Å². The quantitative estimate of drug-likeness (QED) is 0.689. The van der Waals surface area contributed by atoms with E-state index in [0.29, 0.717) is 15.9 Å². The fourth-order valence-corrected chi connectivity index (χ4v) is 3.29. The van der Waals surface area contributed by atoms with E-state index < -0.39 is 46.6 Å². The Bertz CT molecular complexity index is 1080. The predicted octanol–water partition coefficient (Wildman–Crippen LogP) is 4.03. The molecule has 0 saturated carbocycles. The molecule has 2 aromatic rings. The van der Waals surface area contributed by atoms with Crippen molar-refractivity contribution < 1.29 is 32.3 Å². The average molecular weight is 417 g/mol. The number of amides is 4. The van der Waals surface area contributed by atoms with Crippen LogP contribution in [0.25, 0.3) is 0 Å². The third-order valence-corrected chi connectivity index (χ3v) is 4.83. The second-order valence-corrected chi connectivity index (χ2v) is 6.51. The first-order valence-corrected chi connectivity index (χ1v) is 8.51. The van der Waals surface area contributed by atoms with E-state index in [1.165, 1.54) is 25.1 Å². The number of methoxy groups -OCH3 is 1. The minimum Gasteiger partial charge on any atom is -0.452 e. The van der Waals surface area contributed by atoms with Crippen molar-refractivity contribution in [1.82, 2.24) is 4.90 Å². The summed E-state index contributed by atoms with van der Waals surface area (Å²) < 4.78 is 44.7. The molecule has 0 aliphatic carbocycles. The van der Waals surface area contributed by atoms with Crippen molar-refractivity contribution in [3.63, 3.8) is 0 Å². The fourth-order valence-electron chi connectivity index (χ4n) is 3.29. The number of alkyl halides is 3. The van der Waals surface area contributed by atoms with Gasteiger partial charge < -0.3 is 4.74 Å². The Morgan fingerprint density at radius 1 is 1.13 bits per heavy atom. The van der Waals surface area contributed by atoms with Crippen molar-refractivity contribution in [2.24, 2.45) is 0 Å². The number of ether oxygens (including phenoxy) is 1. The zero-order chi connectivity index (χ0) is 22.3. The second-order valence-electron chi connectivity index (χ2n) is 6.51. The fraction of sp³-hybridized carbons (Fsp3) is 0.200. The molecule has 0 spiro atoms. The first kappa shape index (κ1) is 20.9. The number of nitrogens with zero attached hydrogens (tertiary/aromatic N) is 3. The molecule has 7 nitrogen and oxygen atoms in total. The molecule has 1 atom stereocenters. The first-order valence-electron chi connectivity index (χ1n) is 8.51. The Hall–Kier alpha value is -3.87. The number of anilines is 1. The van der Waals surface area contributed by atoms with Gasteiger partial charge in [0.15, 0.2) is 5.54 Å². The second kappa shape index (κ2) is 7.18. The lowest BCUT2D eigenvalue weighted by molar-refractivity contribution is -0.137. The van der Waals surface area contributed by atoms with Gasteiger partial charge in [-0.25, -0.2) is 19.4 Å². The normalized spacial score (nSPS) is 19.1. The van der Waals surface area contributed by atoms with Gasteiger partial charge >= 0.3 is 18.3 Å². The van der Waals surface area contributed by atoms with Gasteiger partial charge in [-0.1, -0.05) is 30.3 Å². The van der Waals surface area contributed by atoms with Gasteiger partial charge in [-0.15, -0.1) is 0 Å². The SMILES string of the molecule is COC(=O)N1C(=O)N(c2ccc(C#N)c(C(F)(F)F)c2)C(=O)C1(C)c1ccccc1. The van der Waals surface area contributed by atoms with E-state index in [1.54, 1.807) is 18.2 Å². The summed E-state index contributed by atoms with van der Waals surface area (Å²) in [5.74, 6) is -0.943. The number of benzene rings is 2. The molecule has 2 aromatic carbocycles. The molecule has 0 bridgehead atoms. The summed E-state index contributed by atoms with van der Waals surface area (Å²) in [6.45, 7) is 1.30. The number of urea groups is 1. The third-order valence-electron chi connectivity index (χ3n) is 4.83. The molecule has 1 heterocycles. The molecule has 154 valence electrons. The smallest absolute Gasteiger partial charge is 0.418 e. The van der Waals surface area contributed by atoms with Crippen molar-refractivity contribution in [2.45, 2.75) is 18.6 Å². The summed E-state index contributed by atoms with van der Waals surface area (Å²) in [5.41, 5.74) is -3.98. The lowest BCUT2D eigenvalue weighted by atomic mass is 9.90. The van der Waals surface area contributed by atoms with Gasteiger partial charge in [0.25, 0.3) is 5.91 Å². The van der Waals surface area contributed by atoms with Crippen LogP contribution in [0.2, 0.25) is 0 Å². The lowest BCUT2D eigenvalue weighted by Gasteiger charge is -2.29. The van der Waals surface area contributed by atoms with Crippen molar-refractivity contribution in [1.29, 1.82) is 5.26 Å². The van der Waals surface area contributed by atoms with Gasteiger partial charge in [0, 0.05) is 0 Å². The van der Waals surface area contributed by atoms with Gasteiger partial charge in [0.05, 0.1) is 30.0 Å². The summed E-state index contributed by atoms with van der Waals surface area (Å²) in [5, 5.41) is 8.95. The van der Waals surface area contributed by atoms with E-state index in [1.807, 2.05) is 0 Å². The van der Waals surface area contributed by atoms with Gasteiger partial charge in [-0.2, -0.15) is 18.4 Å². The Labute approximate surface area is 168 Å². The number of rotatable bonds is 2. The lowest BCUT2D eigenvalue weighted by Crippen LogP contribution is -2.47. The molecule has 1 fully saturated rings. The highest BCUT2D eigenvalue weighted by molar-refractivity contribution is 6.26. The number of carbonyl (C=O) groups excluding carboxylic acids is 3. The summed E-state index contributed by atoms with van der Waals surface area (Å²) in [6.07, 6.45) is -6.04. The minimum atomic E-state index is -4.89. The molecule has 1 aliphatic heterocycles. The van der Waals surface area contributed by atoms with Crippen LogP contribution in [-0.4, -0.2) is 30.0 Å². The Balaban J connectivity index is 2.21. The molecule has 0 aromatic heterocycles. The molecule has 10 heteroatoms. The highest BCUT2D eigenvalue weighted by atomic mass is 19.4. The summed E-state index contributed by atoms with van der Waals surface area (Å²) >= 11 is 0. The highest BCUT2D eigenvalue weighted by Gasteiger charge is 2.59. The zero-order valence-electron chi connectivity index (χ0n) is 15.7. The van der Waals surface area contributed by atoms with Crippen LogP contribution in [0.1, 0.15) is 23.6 Å². The van der Waals surface area contributed by atoms with Crippen LogP contribution in [0.4, 0.5) is 28.4 Å². The largest absolute Gasteiger partial charge is 0.452 e. The van der Waals surface area contributed by atoms with Gasteiger partial charge in [-0.05, 0) is 30.7 Å². The Morgan fingerprint density at radius 2 is 1.77 bits per heavy atom. The number of imide groups is 2. The minimum absolute atomic E-state index is 0.265. The number of nitriles is 1. The number of carbonyl (C=O) groups is 3. The number of hydrogen-bond acceptors (Lipinski definition) is 5. The maximum Gasteiger partial charge on any atom is 0.418 e. The monoisotopic (exact) mass is 417 g/mol. The molecule has 1 aliphatic rings. The maximum absolute atomic E-state index is 13.3. The standard InChI is InChI=1S/C20H14F3N3O4/c1-19(13-6-4-3-5-7-13)16(27)25(17(28)26(19)18(29)30-2)14-9-8-12(11-24)15(10-14)20(21,22)23/h3-10H,1-2H3. The molecule has 3 rings (SSSR count). The van der Waals surface area contributed by atoms with Crippen molar-refractivity contribution in [3.05, 3.63) is 65.2 Å². The van der Waals surface area contributed by atoms with E-state index in [-0.39, 0.29) is 5.56 Å².